The molecule has 0 aliphatic heterocycles. The third kappa shape index (κ3) is 3.76. The van der Waals surface area contributed by atoms with Gasteiger partial charge in [0.25, 0.3) is 5.91 Å². The van der Waals surface area contributed by atoms with Crippen molar-refractivity contribution in [3.05, 3.63) is 41.3 Å². The van der Waals surface area contributed by atoms with E-state index in [2.05, 4.69) is 15.8 Å². The van der Waals surface area contributed by atoms with Crippen molar-refractivity contribution in [2.45, 2.75) is 32.1 Å². The van der Waals surface area contributed by atoms with E-state index in [1.54, 1.807) is 10.5 Å². The number of aromatic nitrogens is 2. The number of nitrogens with zero attached hydrogens (tertiary/aromatic N) is 2. The number of fused-ring (bicyclic) bond motifs is 1. The number of nitrogens with one attached hydrogen (secondary N) is 2. The molecule has 1 saturated carbocycles. The summed E-state index contributed by atoms with van der Waals surface area (Å²) in [7, 11) is 0. The van der Waals surface area contributed by atoms with Crippen LogP contribution in [0, 0.1) is 5.92 Å². The van der Waals surface area contributed by atoms with Gasteiger partial charge in [-0.05, 0) is 31.1 Å². The van der Waals surface area contributed by atoms with E-state index in [0.29, 0.717) is 16.5 Å². The zero-order valence-corrected chi connectivity index (χ0v) is 13.9. The average molecular weight is 347 g/mol. The summed E-state index contributed by atoms with van der Waals surface area (Å²) in [5.74, 6) is -0.540. The van der Waals surface area contributed by atoms with Gasteiger partial charge >= 0.3 is 0 Å². The molecular formula is C17H19ClN4O2. The molecule has 6 nitrogen and oxygen atoms in total. The van der Waals surface area contributed by atoms with Crippen LogP contribution in [-0.4, -0.2) is 21.2 Å². The highest BCUT2D eigenvalue weighted by molar-refractivity contribution is 6.31. The molecule has 0 atom stereocenters. The molecule has 3 rings (SSSR count). The molecule has 24 heavy (non-hydrogen) atoms. The van der Waals surface area contributed by atoms with Gasteiger partial charge in [0.15, 0.2) is 5.15 Å². The summed E-state index contributed by atoms with van der Waals surface area (Å²) in [6.45, 7) is 0. The van der Waals surface area contributed by atoms with Gasteiger partial charge in [0.2, 0.25) is 5.91 Å². The van der Waals surface area contributed by atoms with E-state index < -0.39 is 5.91 Å². The van der Waals surface area contributed by atoms with Gasteiger partial charge in [0.1, 0.15) is 5.65 Å². The first-order chi connectivity index (χ1) is 11.6. The van der Waals surface area contributed by atoms with Gasteiger partial charge in [-0.25, -0.2) is 4.98 Å². The lowest BCUT2D eigenvalue weighted by molar-refractivity contribution is -0.130. The summed E-state index contributed by atoms with van der Waals surface area (Å²) in [6.07, 6.45) is 9.80. The van der Waals surface area contributed by atoms with Crippen LogP contribution in [0.1, 0.15) is 37.8 Å². The topological polar surface area (TPSA) is 75.5 Å². The molecule has 0 bridgehead atoms. The molecule has 0 radical (unpaired) electrons. The first-order valence-electron chi connectivity index (χ1n) is 8.05. The van der Waals surface area contributed by atoms with Crippen molar-refractivity contribution in [2.24, 2.45) is 5.92 Å². The molecule has 1 aliphatic rings. The second-order valence-corrected chi connectivity index (χ2v) is 6.22. The van der Waals surface area contributed by atoms with Crippen LogP contribution in [0.4, 0.5) is 0 Å². The number of pyridine rings is 1. The molecule has 1 aliphatic carbocycles. The minimum absolute atomic E-state index is 0.00348. The van der Waals surface area contributed by atoms with E-state index in [-0.39, 0.29) is 11.8 Å². The fourth-order valence-corrected chi connectivity index (χ4v) is 3.16. The molecule has 0 aromatic carbocycles. The first kappa shape index (κ1) is 16.5. The quantitative estimate of drug-likeness (QED) is 0.662. The summed E-state index contributed by atoms with van der Waals surface area (Å²) in [5.41, 5.74) is 6.21. The molecule has 2 N–H and O–H groups in total. The van der Waals surface area contributed by atoms with Gasteiger partial charge in [0.05, 0.1) is 5.69 Å². The summed E-state index contributed by atoms with van der Waals surface area (Å²) >= 11 is 6.10. The molecule has 2 heterocycles. The van der Waals surface area contributed by atoms with Gasteiger partial charge in [-0.1, -0.05) is 36.9 Å². The van der Waals surface area contributed by atoms with E-state index >= 15 is 0 Å². The second-order valence-electron chi connectivity index (χ2n) is 5.86. The van der Waals surface area contributed by atoms with E-state index in [9.17, 15) is 9.59 Å². The fraction of sp³-hybridized carbons (Fsp3) is 0.353. The maximum Gasteiger partial charge on any atom is 0.262 e. The number of hydrogen-bond acceptors (Lipinski definition) is 3. The Balaban J connectivity index is 1.58. The summed E-state index contributed by atoms with van der Waals surface area (Å²) in [6, 6.07) is 5.54. The molecule has 126 valence electrons. The van der Waals surface area contributed by atoms with E-state index in [0.717, 1.165) is 25.7 Å². The molecule has 2 aromatic heterocycles. The van der Waals surface area contributed by atoms with Crippen molar-refractivity contribution in [3.8, 4) is 0 Å². The Hall–Kier alpha value is -2.34. The monoisotopic (exact) mass is 346 g/mol. The molecule has 1 fully saturated rings. The van der Waals surface area contributed by atoms with Gasteiger partial charge in [0, 0.05) is 18.2 Å². The highest BCUT2D eigenvalue weighted by atomic mass is 35.5. The van der Waals surface area contributed by atoms with Crippen molar-refractivity contribution >= 4 is 35.1 Å². The van der Waals surface area contributed by atoms with Crippen molar-refractivity contribution in [1.82, 2.24) is 20.2 Å². The van der Waals surface area contributed by atoms with E-state index in [4.69, 9.17) is 11.6 Å². The number of hydrogen-bond donors (Lipinski definition) is 2. The second kappa shape index (κ2) is 7.49. The number of halogens is 1. The van der Waals surface area contributed by atoms with Gasteiger partial charge < -0.3 is 0 Å². The highest BCUT2D eigenvalue weighted by Gasteiger charge is 2.21. The Morgan fingerprint density at radius 2 is 2.00 bits per heavy atom. The number of carbonyl (C=O) groups is 2. The van der Waals surface area contributed by atoms with E-state index in [1.807, 2.05) is 24.4 Å². The highest BCUT2D eigenvalue weighted by Crippen LogP contribution is 2.23. The van der Waals surface area contributed by atoms with Crippen LogP contribution in [0.5, 0.6) is 0 Å². The number of carbonyl (C=O) groups excluding carboxylic acids is 2. The predicted molar refractivity (Wildman–Crippen MR) is 92.1 cm³/mol. The van der Waals surface area contributed by atoms with Crippen molar-refractivity contribution < 1.29 is 9.59 Å². The zero-order valence-electron chi connectivity index (χ0n) is 13.2. The SMILES string of the molecule is O=C(/C=C/c1c(Cl)nc2ccccn12)NNC(=O)C1CCCCC1. The third-order valence-electron chi connectivity index (χ3n) is 4.20. The zero-order chi connectivity index (χ0) is 16.9. The molecule has 2 aromatic rings. The first-order valence-corrected chi connectivity index (χ1v) is 8.43. The molecular weight excluding hydrogens is 328 g/mol. The van der Waals surface area contributed by atoms with Crippen LogP contribution in [-0.2, 0) is 9.59 Å². The number of amides is 2. The Kier molecular flexibility index (Phi) is 5.15. The predicted octanol–water partition coefficient (Wildman–Crippen LogP) is 2.73. The molecule has 0 unspecified atom stereocenters. The Bertz CT molecular complexity index is 778. The van der Waals surface area contributed by atoms with Gasteiger partial charge in [-0.2, -0.15) is 0 Å². The number of hydrazine groups is 1. The summed E-state index contributed by atoms with van der Waals surface area (Å²) in [4.78, 5) is 28.1. The molecule has 0 saturated heterocycles. The normalized spacial score (nSPS) is 15.7. The van der Waals surface area contributed by atoms with Crippen LogP contribution >= 0.6 is 11.6 Å². The number of imidazole rings is 1. The minimum Gasteiger partial charge on any atom is -0.299 e. The lowest BCUT2D eigenvalue weighted by Crippen LogP contribution is -2.44. The largest absolute Gasteiger partial charge is 0.299 e. The Labute approximate surface area is 144 Å². The maximum atomic E-state index is 12.0. The minimum atomic E-state index is -0.416. The summed E-state index contributed by atoms with van der Waals surface area (Å²) in [5, 5.41) is 0.316. The maximum absolute atomic E-state index is 12.0. The fourth-order valence-electron chi connectivity index (χ4n) is 2.92. The van der Waals surface area contributed by atoms with Crippen molar-refractivity contribution in [2.75, 3.05) is 0 Å². The molecule has 0 spiro atoms. The van der Waals surface area contributed by atoms with Gasteiger partial charge in [-0.15, -0.1) is 0 Å². The van der Waals surface area contributed by atoms with Gasteiger partial charge in [-0.3, -0.25) is 24.8 Å². The van der Waals surface area contributed by atoms with Crippen molar-refractivity contribution in [3.63, 3.8) is 0 Å². The lowest BCUT2D eigenvalue weighted by atomic mass is 9.89. The van der Waals surface area contributed by atoms with Crippen LogP contribution in [0.25, 0.3) is 11.7 Å². The van der Waals surface area contributed by atoms with E-state index in [1.165, 1.54) is 12.5 Å². The van der Waals surface area contributed by atoms with Crippen LogP contribution in [0.3, 0.4) is 0 Å². The lowest BCUT2D eigenvalue weighted by Gasteiger charge is -2.20. The van der Waals surface area contributed by atoms with Crippen LogP contribution in [0.2, 0.25) is 5.15 Å². The smallest absolute Gasteiger partial charge is 0.262 e. The van der Waals surface area contributed by atoms with Crippen LogP contribution in [0.15, 0.2) is 30.5 Å². The summed E-state index contributed by atoms with van der Waals surface area (Å²) < 4.78 is 1.78. The Morgan fingerprint density at radius 3 is 2.79 bits per heavy atom. The van der Waals surface area contributed by atoms with Crippen molar-refractivity contribution in [1.29, 1.82) is 0 Å². The molecule has 2 amide bonds. The number of rotatable bonds is 3. The molecule has 7 heteroatoms. The third-order valence-corrected chi connectivity index (χ3v) is 4.48. The van der Waals surface area contributed by atoms with Crippen LogP contribution < -0.4 is 10.9 Å². The Morgan fingerprint density at radius 1 is 1.21 bits per heavy atom. The standard InChI is InChI=1S/C17H19ClN4O2/c18-16-13(22-11-5-4-8-14(22)19-16)9-10-15(23)20-21-17(24)12-6-2-1-3-7-12/h4-5,8-12H,1-3,6-7H2,(H,20,23)(H,21,24)/b10-9+. The average Bonchev–Trinajstić information content (AvgIpc) is 2.93.